The van der Waals surface area contributed by atoms with Crippen LogP contribution in [-0.4, -0.2) is 15.6 Å². The molecule has 0 unspecified atom stereocenters. The molecule has 0 radical (unpaired) electrons. The van der Waals surface area contributed by atoms with Crippen molar-refractivity contribution in [2.24, 2.45) is 0 Å². The number of hydrogen-bond acceptors (Lipinski definition) is 2. The van der Waals surface area contributed by atoms with Crippen LogP contribution in [-0.2, 0) is 4.79 Å². The summed E-state index contributed by atoms with van der Waals surface area (Å²) in [6, 6.07) is 1.98. The van der Waals surface area contributed by atoms with E-state index in [0.29, 0.717) is 0 Å². The zero-order valence-corrected chi connectivity index (χ0v) is 8.46. The van der Waals surface area contributed by atoms with Gasteiger partial charge in [-0.1, -0.05) is 0 Å². The number of hydrogen-bond donors (Lipinski definition) is 0. The molecule has 0 aliphatic rings. The molecule has 1 aromatic heterocycles. The van der Waals surface area contributed by atoms with Crippen molar-refractivity contribution in [3.05, 3.63) is 23.5 Å². The van der Waals surface area contributed by atoms with Crippen LogP contribution in [0.3, 0.4) is 0 Å². The predicted molar refractivity (Wildman–Crippen MR) is 52.3 cm³/mol. The first-order valence-electron chi connectivity index (χ1n) is 4.23. The number of carbonyl (C=O) groups is 1. The van der Waals surface area contributed by atoms with Crippen LogP contribution in [0.15, 0.2) is 12.1 Å². The number of nitrogens with zero attached hydrogens (tertiary/aromatic N) is 2. The Balaban J connectivity index is 3.08. The lowest BCUT2D eigenvalue weighted by atomic mass is 10.3. The van der Waals surface area contributed by atoms with Gasteiger partial charge in [-0.25, -0.2) is 4.68 Å². The Kier molecular flexibility index (Phi) is 2.66. The van der Waals surface area contributed by atoms with Crippen molar-refractivity contribution >= 4 is 11.5 Å². The molecule has 3 nitrogen and oxygen atoms in total. The third kappa shape index (κ3) is 2.28. The van der Waals surface area contributed by atoms with E-state index in [1.165, 1.54) is 6.92 Å². The molecule has 1 heterocycles. The van der Waals surface area contributed by atoms with E-state index in [1.807, 2.05) is 26.8 Å². The maximum absolute atomic E-state index is 10.8. The van der Waals surface area contributed by atoms with Crippen molar-refractivity contribution in [1.82, 2.24) is 9.78 Å². The van der Waals surface area contributed by atoms with E-state index in [-0.39, 0.29) is 5.78 Å². The van der Waals surface area contributed by atoms with Crippen molar-refractivity contribution < 1.29 is 4.79 Å². The Labute approximate surface area is 78.1 Å². The second kappa shape index (κ2) is 3.56. The maximum atomic E-state index is 10.8. The van der Waals surface area contributed by atoms with Crippen LogP contribution in [0.25, 0.3) is 5.70 Å². The van der Waals surface area contributed by atoms with Crippen molar-refractivity contribution in [2.75, 3.05) is 0 Å². The number of ketones is 1. The minimum Gasteiger partial charge on any atom is -0.295 e. The Morgan fingerprint density at radius 3 is 2.46 bits per heavy atom. The van der Waals surface area contributed by atoms with Crippen molar-refractivity contribution in [2.45, 2.75) is 27.7 Å². The second-order valence-electron chi connectivity index (χ2n) is 3.24. The summed E-state index contributed by atoms with van der Waals surface area (Å²) in [5, 5.41) is 4.26. The third-order valence-electron chi connectivity index (χ3n) is 1.76. The van der Waals surface area contributed by atoms with Crippen LogP contribution in [0.1, 0.15) is 25.2 Å². The van der Waals surface area contributed by atoms with Gasteiger partial charge in [0.2, 0.25) is 0 Å². The normalized spacial score (nSPS) is 11.8. The van der Waals surface area contributed by atoms with Gasteiger partial charge in [-0.2, -0.15) is 5.10 Å². The fraction of sp³-hybridized carbons (Fsp3) is 0.400. The van der Waals surface area contributed by atoms with E-state index in [9.17, 15) is 4.79 Å². The standard InChI is InChI=1S/C10H14N2O/c1-7-5-8(2)12(11-7)9(3)6-10(4)13/h5-6H,1-4H3/b9-6-. The van der Waals surface area contributed by atoms with Crippen LogP contribution in [0.5, 0.6) is 0 Å². The summed E-state index contributed by atoms with van der Waals surface area (Å²) >= 11 is 0. The van der Waals surface area contributed by atoms with E-state index in [1.54, 1.807) is 10.8 Å². The molecule has 0 fully saturated rings. The molecule has 1 aromatic rings. The van der Waals surface area contributed by atoms with Crippen molar-refractivity contribution in [1.29, 1.82) is 0 Å². The molecular formula is C10H14N2O. The van der Waals surface area contributed by atoms with E-state index in [0.717, 1.165) is 17.1 Å². The van der Waals surface area contributed by atoms with Crippen LogP contribution in [0, 0.1) is 13.8 Å². The average Bonchev–Trinajstić information content (AvgIpc) is 2.28. The van der Waals surface area contributed by atoms with Gasteiger partial charge < -0.3 is 0 Å². The lowest BCUT2D eigenvalue weighted by molar-refractivity contribution is -0.112. The van der Waals surface area contributed by atoms with Gasteiger partial charge >= 0.3 is 0 Å². The maximum Gasteiger partial charge on any atom is 0.154 e. The highest BCUT2D eigenvalue weighted by atomic mass is 16.1. The van der Waals surface area contributed by atoms with Gasteiger partial charge in [-0.05, 0) is 33.8 Å². The minimum atomic E-state index is 0.0463. The van der Waals surface area contributed by atoms with E-state index >= 15 is 0 Å². The van der Waals surface area contributed by atoms with E-state index in [4.69, 9.17) is 0 Å². The first-order valence-corrected chi connectivity index (χ1v) is 4.23. The molecular weight excluding hydrogens is 164 g/mol. The summed E-state index contributed by atoms with van der Waals surface area (Å²) in [6.07, 6.45) is 1.58. The third-order valence-corrected chi connectivity index (χ3v) is 1.76. The topological polar surface area (TPSA) is 34.9 Å². The number of allylic oxidation sites excluding steroid dienone is 2. The number of aryl methyl sites for hydroxylation is 2. The molecule has 3 heteroatoms. The molecule has 0 spiro atoms. The SMILES string of the molecule is CC(=O)/C=C(/C)n1nc(C)cc1C. The molecule has 0 aliphatic carbocycles. The Hall–Kier alpha value is -1.38. The summed E-state index contributed by atoms with van der Waals surface area (Å²) in [5.74, 6) is 0.0463. The number of rotatable bonds is 2. The highest BCUT2D eigenvalue weighted by Crippen LogP contribution is 2.08. The molecule has 0 saturated heterocycles. The van der Waals surface area contributed by atoms with E-state index < -0.39 is 0 Å². The molecule has 0 aromatic carbocycles. The van der Waals surface area contributed by atoms with Gasteiger partial charge in [0.15, 0.2) is 5.78 Å². The average molecular weight is 178 g/mol. The fourth-order valence-corrected chi connectivity index (χ4v) is 1.34. The van der Waals surface area contributed by atoms with Gasteiger partial charge in [0.25, 0.3) is 0 Å². The Morgan fingerprint density at radius 1 is 1.46 bits per heavy atom. The van der Waals surface area contributed by atoms with Gasteiger partial charge in [-0.3, -0.25) is 4.79 Å². The van der Waals surface area contributed by atoms with E-state index in [2.05, 4.69) is 5.10 Å². The summed E-state index contributed by atoms with van der Waals surface area (Å²) in [4.78, 5) is 10.8. The molecule has 0 atom stereocenters. The Morgan fingerprint density at radius 2 is 2.08 bits per heavy atom. The first-order chi connectivity index (χ1) is 6.00. The highest BCUT2D eigenvalue weighted by molar-refractivity contribution is 5.91. The van der Waals surface area contributed by atoms with Crippen molar-refractivity contribution in [3.8, 4) is 0 Å². The van der Waals surface area contributed by atoms with Crippen molar-refractivity contribution in [3.63, 3.8) is 0 Å². The lowest BCUT2D eigenvalue weighted by Crippen LogP contribution is -2.00. The molecule has 0 amide bonds. The summed E-state index contributed by atoms with van der Waals surface area (Å²) in [5.41, 5.74) is 2.87. The summed E-state index contributed by atoms with van der Waals surface area (Å²) in [6.45, 7) is 7.32. The number of carbonyl (C=O) groups excluding carboxylic acids is 1. The zero-order chi connectivity index (χ0) is 10.0. The van der Waals surface area contributed by atoms with Crippen LogP contribution in [0.4, 0.5) is 0 Å². The monoisotopic (exact) mass is 178 g/mol. The van der Waals surface area contributed by atoms with Crippen LogP contribution >= 0.6 is 0 Å². The van der Waals surface area contributed by atoms with Gasteiger partial charge in [0, 0.05) is 17.5 Å². The molecule has 0 bridgehead atoms. The zero-order valence-electron chi connectivity index (χ0n) is 8.46. The molecule has 0 saturated carbocycles. The van der Waals surface area contributed by atoms with Crippen LogP contribution < -0.4 is 0 Å². The highest BCUT2D eigenvalue weighted by Gasteiger charge is 2.02. The summed E-state index contributed by atoms with van der Waals surface area (Å²) < 4.78 is 1.77. The molecule has 13 heavy (non-hydrogen) atoms. The molecule has 0 aliphatic heterocycles. The Bertz CT molecular complexity index is 361. The number of aromatic nitrogens is 2. The molecule has 1 rings (SSSR count). The van der Waals surface area contributed by atoms with Gasteiger partial charge in [0.05, 0.1) is 5.69 Å². The lowest BCUT2D eigenvalue weighted by Gasteiger charge is -2.02. The van der Waals surface area contributed by atoms with Gasteiger partial charge in [0.1, 0.15) is 0 Å². The smallest absolute Gasteiger partial charge is 0.154 e. The molecule has 0 N–H and O–H groups in total. The van der Waals surface area contributed by atoms with Crippen LogP contribution in [0.2, 0.25) is 0 Å². The quantitative estimate of drug-likeness (QED) is 0.649. The molecule has 70 valence electrons. The second-order valence-corrected chi connectivity index (χ2v) is 3.24. The largest absolute Gasteiger partial charge is 0.295 e. The minimum absolute atomic E-state index is 0.0463. The first kappa shape index (κ1) is 9.71. The predicted octanol–water partition coefficient (Wildman–Crippen LogP) is 1.95. The van der Waals surface area contributed by atoms with Gasteiger partial charge in [-0.15, -0.1) is 0 Å². The summed E-state index contributed by atoms with van der Waals surface area (Å²) in [7, 11) is 0. The fourth-order valence-electron chi connectivity index (χ4n) is 1.34.